The minimum atomic E-state index is -0.548. The molecular weight excluding hydrogens is 223 g/mol. The van der Waals surface area contributed by atoms with Gasteiger partial charge in [-0.05, 0) is 31.1 Å². The maximum absolute atomic E-state index is 13.3. The van der Waals surface area contributed by atoms with Gasteiger partial charge in [0.25, 0.3) is 0 Å². The van der Waals surface area contributed by atoms with E-state index in [1.54, 1.807) is 0 Å². The number of ether oxygens (including phenoxy) is 1. The van der Waals surface area contributed by atoms with Crippen LogP contribution < -0.4 is 0 Å². The van der Waals surface area contributed by atoms with Gasteiger partial charge >= 0.3 is 0 Å². The van der Waals surface area contributed by atoms with Gasteiger partial charge < -0.3 is 9.84 Å². The Kier molecular flexibility index (Phi) is 4.40. The van der Waals surface area contributed by atoms with Crippen LogP contribution in [0.15, 0.2) is 24.3 Å². The largest absolute Gasteiger partial charge is 0.507 e. The van der Waals surface area contributed by atoms with Crippen molar-refractivity contribution in [3.8, 4) is 5.75 Å². The summed E-state index contributed by atoms with van der Waals surface area (Å²) in [5.41, 5.74) is 1.03. The molecule has 0 unspecified atom stereocenters. The lowest BCUT2D eigenvalue weighted by Gasteiger charge is -2.10. The molecule has 0 aliphatic rings. The fraction of sp³-hybridized carbons (Fsp3) is 0.308. The van der Waals surface area contributed by atoms with Crippen molar-refractivity contribution in [3.63, 3.8) is 0 Å². The highest BCUT2D eigenvalue weighted by atomic mass is 19.1. The molecule has 0 amide bonds. The van der Waals surface area contributed by atoms with Crippen molar-refractivity contribution in [3.05, 3.63) is 41.2 Å². The summed E-state index contributed by atoms with van der Waals surface area (Å²) in [6, 6.07) is 2.23. The second-order valence-electron chi connectivity index (χ2n) is 3.88. The molecule has 1 aromatic rings. The number of carbonyl (C=O) groups excluding carboxylic acids is 1. The van der Waals surface area contributed by atoms with E-state index < -0.39 is 5.82 Å². The normalized spacial score (nSPS) is 10.3. The highest BCUT2D eigenvalue weighted by Gasteiger charge is 2.14. The minimum absolute atomic E-state index is 0.00906. The van der Waals surface area contributed by atoms with Crippen molar-refractivity contribution in [1.82, 2.24) is 0 Å². The summed E-state index contributed by atoms with van der Waals surface area (Å²) in [6.07, 6.45) is 0.276. The Balaban J connectivity index is 3.07. The third-order valence-corrected chi connectivity index (χ3v) is 2.32. The molecular formula is C13H15FO3. The molecule has 0 aliphatic carbocycles. The first-order valence-corrected chi connectivity index (χ1v) is 5.13. The van der Waals surface area contributed by atoms with Crippen LogP contribution in [0.1, 0.15) is 22.8 Å². The molecule has 3 nitrogen and oxygen atoms in total. The van der Waals surface area contributed by atoms with E-state index in [0.29, 0.717) is 17.7 Å². The second kappa shape index (κ2) is 5.59. The molecule has 0 atom stereocenters. The van der Waals surface area contributed by atoms with Crippen LogP contribution >= 0.6 is 0 Å². The molecule has 92 valence electrons. The van der Waals surface area contributed by atoms with Gasteiger partial charge in [0.1, 0.15) is 11.6 Å². The quantitative estimate of drug-likeness (QED) is 0.633. The number of methoxy groups -OCH3 is 1. The van der Waals surface area contributed by atoms with Crippen molar-refractivity contribution in [1.29, 1.82) is 0 Å². The first-order valence-electron chi connectivity index (χ1n) is 5.13. The monoisotopic (exact) mass is 238 g/mol. The summed E-state index contributed by atoms with van der Waals surface area (Å²) in [6.45, 7) is 5.35. The maximum Gasteiger partial charge on any atom is 0.163 e. The van der Waals surface area contributed by atoms with Gasteiger partial charge in [-0.25, -0.2) is 4.39 Å². The van der Waals surface area contributed by atoms with E-state index in [9.17, 15) is 14.3 Å². The van der Waals surface area contributed by atoms with E-state index in [1.165, 1.54) is 20.1 Å². The number of Topliss-reactive ketones (excluding diaryl/α,β-unsaturated/α-hetero) is 1. The molecule has 1 rings (SSSR count). The number of phenolic OH excluding ortho intramolecular Hbond substituents is 1. The Morgan fingerprint density at radius 2 is 2.18 bits per heavy atom. The number of benzene rings is 1. The van der Waals surface area contributed by atoms with Gasteiger partial charge in [-0.1, -0.05) is 6.58 Å². The van der Waals surface area contributed by atoms with Gasteiger partial charge in [-0.2, -0.15) is 0 Å². The Morgan fingerprint density at radius 1 is 1.53 bits per heavy atom. The summed E-state index contributed by atoms with van der Waals surface area (Å²) in [4.78, 5) is 11.2. The van der Waals surface area contributed by atoms with Crippen LogP contribution in [0.5, 0.6) is 5.75 Å². The minimum Gasteiger partial charge on any atom is -0.507 e. The van der Waals surface area contributed by atoms with Gasteiger partial charge in [0, 0.05) is 12.7 Å². The number of halogens is 1. The van der Waals surface area contributed by atoms with E-state index in [2.05, 4.69) is 6.58 Å². The Morgan fingerprint density at radius 3 is 2.71 bits per heavy atom. The predicted octanol–water partition coefficient (Wildman–Crippen LogP) is 2.48. The van der Waals surface area contributed by atoms with Crippen LogP contribution in [-0.2, 0) is 11.2 Å². The molecule has 0 saturated carbocycles. The highest BCUT2D eigenvalue weighted by molar-refractivity contribution is 5.97. The zero-order valence-electron chi connectivity index (χ0n) is 9.92. The summed E-state index contributed by atoms with van der Waals surface area (Å²) in [5.74, 6) is -1.11. The third kappa shape index (κ3) is 3.39. The van der Waals surface area contributed by atoms with Gasteiger partial charge in [-0.15, -0.1) is 0 Å². The van der Waals surface area contributed by atoms with Crippen molar-refractivity contribution < 1.29 is 19.0 Å². The first-order chi connectivity index (χ1) is 7.95. The smallest absolute Gasteiger partial charge is 0.163 e. The molecule has 0 spiro atoms. The van der Waals surface area contributed by atoms with Crippen LogP contribution in [0.4, 0.5) is 4.39 Å². The molecule has 0 fully saturated rings. The molecule has 17 heavy (non-hydrogen) atoms. The van der Waals surface area contributed by atoms with E-state index >= 15 is 0 Å². The lowest BCUT2D eigenvalue weighted by molar-refractivity contribution is 0.101. The van der Waals surface area contributed by atoms with Crippen LogP contribution in [-0.4, -0.2) is 24.6 Å². The molecule has 0 saturated heterocycles. The standard InChI is InChI=1S/C13H15FO3/c1-8(7-17-3)4-10-5-11(14)6-12(9(2)15)13(10)16/h5-6,16H,1,4,7H2,2-3H3. The predicted molar refractivity (Wildman–Crippen MR) is 62.8 cm³/mol. The van der Waals surface area contributed by atoms with Gasteiger partial charge in [0.15, 0.2) is 5.78 Å². The van der Waals surface area contributed by atoms with Crippen molar-refractivity contribution in [2.45, 2.75) is 13.3 Å². The lowest BCUT2D eigenvalue weighted by Crippen LogP contribution is -2.02. The number of aromatic hydroxyl groups is 1. The Bertz CT molecular complexity index is 452. The van der Waals surface area contributed by atoms with Crippen molar-refractivity contribution >= 4 is 5.78 Å². The highest BCUT2D eigenvalue weighted by Crippen LogP contribution is 2.26. The third-order valence-electron chi connectivity index (χ3n) is 2.32. The van der Waals surface area contributed by atoms with Crippen LogP contribution in [0.3, 0.4) is 0 Å². The fourth-order valence-electron chi connectivity index (χ4n) is 1.58. The molecule has 1 aromatic carbocycles. The van der Waals surface area contributed by atoms with Crippen molar-refractivity contribution in [2.75, 3.05) is 13.7 Å². The molecule has 0 bridgehead atoms. The number of hydrogen-bond acceptors (Lipinski definition) is 3. The molecule has 4 heteroatoms. The summed E-state index contributed by atoms with van der Waals surface area (Å²) in [7, 11) is 1.53. The number of hydrogen-bond donors (Lipinski definition) is 1. The average molecular weight is 238 g/mol. The SMILES string of the molecule is C=C(COC)Cc1cc(F)cc(C(C)=O)c1O. The van der Waals surface area contributed by atoms with Crippen LogP contribution in [0.2, 0.25) is 0 Å². The van der Waals surface area contributed by atoms with Gasteiger partial charge in [0.2, 0.25) is 0 Å². The number of carbonyl (C=O) groups is 1. The number of rotatable bonds is 5. The topological polar surface area (TPSA) is 46.5 Å². The number of phenols is 1. The summed E-state index contributed by atoms with van der Waals surface area (Å²) in [5, 5.41) is 9.83. The van der Waals surface area contributed by atoms with E-state index in [1.807, 2.05) is 0 Å². The first kappa shape index (κ1) is 13.4. The molecule has 0 aromatic heterocycles. The fourth-order valence-corrected chi connectivity index (χ4v) is 1.58. The Hall–Kier alpha value is -1.68. The van der Waals surface area contributed by atoms with Crippen LogP contribution in [0, 0.1) is 5.82 Å². The van der Waals surface area contributed by atoms with Gasteiger partial charge in [-0.3, -0.25) is 4.79 Å². The molecule has 0 radical (unpaired) electrons. The molecule has 0 heterocycles. The molecule has 1 N–H and O–H groups in total. The van der Waals surface area contributed by atoms with Crippen molar-refractivity contribution in [2.24, 2.45) is 0 Å². The zero-order valence-corrected chi connectivity index (χ0v) is 9.92. The summed E-state index contributed by atoms with van der Waals surface area (Å²) < 4.78 is 18.2. The van der Waals surface area contributed by atoms with Crippen LogP contribution in [0.25, 0.3) is 0 Å². The zero-order chi connectivity index (χ0) is 13.0. The Labute approximate surface area is 99.5 Å². The van der Waals surface area contributed by atoms with E-state index in [-0.39, 0.29) is 23.5 Å². The average Bonchev–Trinajstić information content (AvgIpc) is 2.22. The maximum atomic E-state index is 13.3. The lowest BCUT2D eigenvalue weighted by atomic mass is 10.0. The van der Waals surface area contributed by atoms with Gasteiger partial charge in [0.05, 0.1) is 12.2 Å². The van der Waals surface area contributed by atoms with E-state index in [4.69, 9.17) is 4.74 Å². The number of ketones is 1. The summed E-state index contributed by atoms with van der Waals surface area (Å²) >= 11 is 0. The van der Waals surface area contributed by atoms with E-state index in [0.717, 1.165) is 6.07 Å². The second-order valence-corrected chi connectivity index (χ2v) is 3.88. The molecule has 0 aliphatic heterocycles.